The van der Waals surface area contributed by atoms with E-state index in [2.05, 4.69) is 15.9 Å². The lowest BCUT2D eigenvalue weighted by atomic mass is 10.2. The Bertz CT molecular complexity index is 513. The molecule has 0 aliphatic carbocycles. The van der Waals surface area contributed by atoms with Crippen LogP contribution in [0.5, 0.6) is 11.5 Å². The molecule has 2 nitrogen and oxygen atoms in total. The molecule has 0 unspecified atom stereocenters. The predicted molar refractivity (Wildman–Crippen MR) is 68.5 cm³/mol. The van der Waals surface area contributed by atoms with Crippen molar-refractivity contribution in [2.75, 3.05) is 0 Å². The summed E-state index contributed by atoms with van der Waals surface area (Å²) in [5, 5.41) is 0. The first-order valence-electron chi connectivity index (χ1n) is 5.11. The average molecular weight is 296 g/mol. The van der Waals surface area contributed by atoms with Crippen molar-refractivity contribution < 1.29 is 9.13 Å². The Kier molecular flexibility index (Phi) is 3.76. The van der Waals surface area contributed by atoms with Crippen LogP contribution < -0.4 is 10.5 Å². The molecule has 0 saturated heterocycles. The molecule has 0 atom stereocenters. The van der Waals surface area contributed by atoms with Crippen LogP contribution in [-0.2, 0) is 6.54 Å². The topological polar surface area (TPSA) is 35.2 Å². The third kappa shape index (κ3) is 3.05. The molecule has 4 heteroatoms. The summed E-state index contributed by atoms with van der Waals surface area (Å²) in [7, 11) is 0. The van der Waals surface area contributed by atoms with E-state index in [9.17, 15) is 4.39 Å². The molecule has 0 spiro atoms. The fraction of sp³-hybridized carbons (Fsp3) is 0.0769. The van der Waals surface area contributed by atoms with Gasteiger partial charge in [0.05, 0.1) is 0 Å². The van der Waals surface area contributed by atoms with E-state index < -0.39 is 0 Å². The molecule has 0 aliphatic heterocycles. The second-order valence-electron chi connectivity index (χ2n) is 3.51. The van der Waals surface area contributed by atoms with Gasteiger partial charge in [-0.2, -0.15) is 0 Å². The van der Waals surface area contributed by atoms with Gasteiger partial charge in [-0.15, -0.1) is 0 Å². The van der Waals surface area contributed by atoms with Crippen molar-refractivity contribution in [2.24, 2.45) is 5.73 Å². The fourth-order valence-corrected chi connectivity index (χ4v) is 1.70. The van der Waals surface area contributed by atoms with Crippen molar-refractivity contribution >= 4 is 15.9 Å². The molecule has 2 aromatic rings. The molecule has 0 radical (unpaired) electrons. The molecule has 17 heavy (non-hydrogen) atoms. The molecule has 88 valence electrons. The standard InChI is InChI=1S/C13H11BrFNO/c14-10-1-4-12(5-2-10)17-13-6-3-11(15)7-9(13)8-16/h1-7H,8,16H2. The first kappa shape index (κ1) is 12.1. The lowest BCUT2D eigenvalue weighted by Gasteiger charge is -2.10. The Balaban J connectivity index is 2.26. The zero-order valence-electron chi connectivity index (χ0n) is 8.99. The lowest BCUT2D eigenvalue weighted by Crippen LogP contribution is -2.00. The summed E-state index contributed by atoms with van der Waals surface area (Å²) in [5.41, 5.74) is 6.19. The monoisotopic (exact) mass is 295 g/mol. The van der Waals surface area contributed by atoms with Gasteiger partial charge in [-0.25, -0.2) is 4.39 Å². The summed E-state index contributed by atoms with van der Waals surface area (Å²) in [6, 6.07) is 11.7. The molecular formula is C13H11BrFNO. The Hall–Kier alpha value is -1.39. The number of nitrogens with two attached hydrogens (primary N) is 1. The van der Waals surface area contributed by atoms with Crippen LogP contribution in [0.3, 0.4) is 0 Å². The summed E-state index contributed by atoms with van der Waals surface area (Å²) < 4.78 is 19.6. The zero-order chi connectivity index (χ0) is 12.3. The summed E-state index contributed by atoms with van der Waals surface area (Å²) in [4.78, 5) is 0. The highest BCUT2D eigenvalue weighted by Gasteiger charge is 2.05. The normalized spacial score (nSPS) is 10.3. The van der Waals surface area contributed by atoms with Crippen LogP contribution in [0.15, 0.2) is 46.9 Å². The van der Waals surface area contributed by atoms with Crippen LogP contribution in [-0.4, -0.2) is 0 Å². The summed E-state index contributed by atoms with van der Waals surface area (Å²) in [6.45, 7) is 0.240. The molecule has 0 fully saturated rings. The first-order chi connectivity index (χ1) is 8.19. The highest BCUT2D eigenvalue weighted by molar-refractivity contribution is 9.10. The van der Waals surface area contributed by atoms with Crippen molar-refractivity contribution in [3.63, 3.8) is 0 Å². The second-order valence-corrected chi connectivity index (χ2v) is 4.43. The quantitative estimate of drug-likeness (QED) is 0.934. The van der Waals surface area contributed by atoms with Crippen LogP contribution in [0.25, 0.3) is 0 Å². The minimum atomic E-state index is -0.311. The van der Waals surface area contributed by atoms with Gasteiger partial charge in [0, 0.05) is 16.6 Å². The number of rotatable bonds is 3. The maximum atomic E-state index is 13.0. The molecule has 0 saturated carbocycles. The number of benzene rings is 2. The van der Waals surface area contributed by atoms with Crippen LogP contribution in [0, 0.1) is 5.82 Å². The Morgan fingerprint density at radius 3 is 2.47 bits per heavy atom. The fourth-order valence-electron chi connectivity index (χ4n) is 1.44. The highest BCUT2D eigenvalue weighted by Crippen LogP contribution is 2.26. The number of hydrogen-bond donors (Lipinski definition) is 1. The van der Waals surface area contributed by atoms with E-state index >= 15 is 0 Å². The highest BCUT2D eigenvalue weighted by atomic mass is 79.9. The van der Waals surface area contributed by atoms with Crippen molar-refractivity contribution in [1.29, 1.82) is 0 Å². The minimum Gasteiger partial charge on any atom is -0.457 e. The van der Waals surface area contributed by atoms with Gasteiger partial charge in [0.15, 0.2) is 0 Å². The maximum absolute atomic E-state index is 13.0. The molecule has 0 heterocycles. The Labute approximate surface area is 107 Å². The number of hydrogen-bond acceptors (Lipinski definition) is 2. The van der Waals surface area contributed by atoms with Gasteiger partial charge in [-0.3, -0.25) is 0 Å². The number of halogens is 2. The van der Waals surface area contributed by atoms with Crippen LogP contribution >= 0.6 is 15.9 Å². The van der Waals surface area contributed by atoms with Crippen molar-refractivity contribution in [3.05, 3.63) is 58.3 Å². The van der Waals surface area contributed by atoms with Crippen molar-refractivity contribution in [2.45, 2.75) is 6.54 Å². The number of ether oxygens (including phenoxy) is 1. The van der Waals surface area contributed by atoms with Gasteiger partial charge >= 0.3 is 0 Å². The third-order valence-corrected chi connectivity index (χ3v) is 2.81. The summed E-state index contributed by atoms with van der Waals surface area (Å²) in [5.74, 6) is 0.958. The van der Waals surface area contributed by atoms with Gasteiger partial charge in [0.25, 0.3) is 0 Å². The van der Waals surface area contributed by atoms with Crippen molar-refractivity contribution in [3.8, 4) is 11.5 Å². The van der Waals surface area contributed by atoms with Crippen LogP contribution in [0.2, 0.25) is 0 Å². The van der Waals surface area contributed by atoms with Gasteiger partial charge < -0.3 is 10.5 Å². The van der Waals surface area contributed by atoms with E-state index in [1.807, 2.05) is 24.3 Å². The van der Waals surface area contributed by atoms with E-state index in [0.29, 0.717) is 17.1 Å². The third-order valence-electron chi connectivity index (χ3n) is 2.28. The molecule has 0 bridgehead atoms. The van der Waals surface area contributed by atoms with E-state index in [1.54, 1.807) is 6.07 Å². The molecule has 0 aliphatic rings. The van der Waals surface area contributed by atoms with Gasteiger partial charge in [0.1, 0.15) is 17.3 Å². The van der Waals surface area contributed by atoms with Gasteiger partial charge in [-0.1, -0.05) is 15.9 Å². The van der Waals surface area contributed by atoms with E-state index in [1.165, 1.54) is 12.1 Å². The Morgan fingerprint density at radius 1 is 1.12 bits per heavy atom. The average Bonchev–Trinajstić information content (AvgIpc) is 2.34. The maximum Gasteiger partial charge on any atom is 0.132 e. The van der Waals surface area contributed by atoms with E-state index in [0.717, 1.165) is 4.47 Å². The largest absolute Gasteiger partial charge is 0.457 e. The SMILES string of the molecule is NCc1cc(F)ccc1Oc1ccc(Br)cc1. The summed E-state index contributed by atoms with van der Waals surface area (Å²) in [6.07, 6.45) is 0. The van der Waals surface area contributed by atoms with Crippen molar-refractivity contribution in [1.82, 2.24) is 0 Å². The molecule has 0 aromatic heterocycles. The van der Waals surface area contributed by atoms with Gasteiger partial charge in [0.2, 0.25) is 0 Å². The van der Waals surface area contributed by atoms with E-state index in [4.69, 9.17) is 10.5 Å². The second kappa shape index (κ2) is 5.29. The predicted octanol–water partition coefficient (Wildman–Crippen LogP) is 3.84. The minimum absolute atomic E-state index is 0.240. The van der Waals surface area contributed by atoms with E-state index in [-0.39, 0.29) is 12.4 Å². The molecule has 2 aromatic carbocycles. The molecule has 2 N–H and O–H groups in total. The Morgan fingerprint density at radius 2 is 1.82 bits per heavy atom. The van der Waals surface area contributed by atoms with Crippen LogP contribution in [0.1, 0.15) is 5.56 Å². The van der Waals surface area contributed by atoms with Crippen LogP contribution in [0.4, 0.5) is 4.39 Å². The lowest BCUT2D eigenvalue weighted by molar-refractivity contribution is 0.474. The smallest absolute Gasteiger partial charge is 0.132 e. The molecule has 2 rings (SSSR count). The zero-order valence-corrected chi connectivity index (χ0v) is 10.6. The molecule has 0 amide bonds. The molecular weight excluding hydrogens is 285 g/mol. The van der Waals surface area contributed by atoms with Gasteiger partial charge in [-0.05, 0) is 42.5 Å². The first-order valence-corrected chi connectivity index (χ1v) is 5.90. The summed E-state index contributed by atoms with van der Waals surface area (Å²) >= 11 is 3.34.